The van der Waals surface area contributed by atoms with E-state index < -0.39 is 0 Å². The zero-order valence-corrected chi connectivity index (χ0v) is 12.5. The maximum atomic E-state index is 2.61. The van der Waals surface area contributed by atoms with Crippen LogP contribution in [0.3, 0.4) is 0 Å². The van der Waals surface area contributed by atoms with Gasteiger partial charge in [0.2, 0.25) is 0 Å². The average molecular weight is 246 g/mol. The number of hydrogen-bond acceptors (Lipinski definition) is 0. The van der Waals surface area contributed by atoms with Crippen LogP contribution in [-0.4, -0.2) is 0 Å². The highest BCUT2D eigenvalue weighted by atomic mass is 14.6. The molecule has 4 saturated carbocycles. The number of rotatable bonds is 4. The lowest BCUT2D eigenvalue weighted by Gasteiger charge is -2.64. The molecule has 18 heavy (non-hydrogen) atoms. The van der Waals surface area contributed by atoms with Crippen LogP contribution >= 0.6 is 0 Å². The highest BCUT2D eigenvalue weighted by Crippen LogP contribution is 2.66. The van der Waals surface area contributed by atoms with Gasteiger partial charge in [0.25, 0.3) is 0 Å². The van der Waals surface area contributed by atoms with Crippen LogP contribution in [0.25, 0.3) is 0 Å². The zero-order valence-electron chi connectivity index (χ0n) is 12.5. The third-order valence-corrected chi connectivity index (χ3v) is 8.31. The van der Waals surface area contributed by atoms with Crippen LogP contribution in [-0.2, 0) is 0 Å². The number of hydrogen-bond donors (Lipinski definition) is 0. The van der Waals surface area contributed by atoms with Crippen LogP contribution in [0.15, 0.2) is 0 Å². The Balaban J connectivity index is 1.30. The lowest BCUT2D eigenvalue weighted by Crippen LogP contribution is -2.56. The van der Waals surface area contributed by atoms with Crippen molar-refractivity contribution in [3.63, 3.8) is 0 Å². The summed E-state index contributed by atoms with van der Waals surface area (Å²) in [6.45, 7) is 7.70. The first-order chi connectivity index (χ1) is 8.61. The van der Waals surface area contributed by atoms with E-state index in [2.05, 4.69) is 20.8 Å². The fourth-order valence-electron chi connectivity index (χ4n) is 6.35. The lowest BCUT2D eigenvalue weighted by atomic mass is 9.41. The summed E-state index contributed by atoms with van der Waals surface area (Å²) in [5.41, 5.74) is 0.745. The molecule has 0 spiro atoms. The molecule has 4 rings (SSSR count). The molecule has 0 radical (unpaired) electrons. The molecular weight excluding hydrogens is 216 g/mol. The standard InChI is InChI=1S/C18H30/c1-11(18(3)10-13-5-9-17(13)18)4-6-14-12(2)15-7-8-16(14)15/h11-17H,4-10H2,1-3H3. The Bertz CT molecular complexity index is 340. The molecular formula is C18H30. The van der Waals surface area contributed by atoms with Crippen LogP contribution in [0.2, 0.25) is 0 Å². The van der Waals surface area contributed by atoms with Gasteiger partial charge in [-0.15, -0.1) is 0 Å². The molecule has 4 aliphatic carbocycles. The Kier molecular flexibility index (Phi) is 2.47. The van der Waals surface area contributed by atoms with E-state index in [0.717, 1.165) is 46.8 Å². The summed E-state index contributed by atoms with van der Waals surface area (Å²) in [5.74, 6) is 7.77. The normalized spacial score (nSPS) is 58.2. The average Bonchev–Trinajstić information content (AvgIpc) is 2.28. The Morgan fingerprint density at radius 3 is 2.33 bits per heavy atom. The second kappa shape index (κ2) is 3.76. The van der Waals surface area contributed by atoms with Crippen molar-refractivity contribution in [1.29, 1.82) is 0 Å². The molecule has 102 valence electrons. The molecule has 8 atom stereocenters. The third-order valence-electron chi connectivity index (χ3n) is 8.31. The Morgan fingerprint density at radius 1 is 1.11 bits per heavy atom. The molecule has 0 bridgehead atoms. The molecule has 0 N–H and O–H groups in total. The van der Waals surface area contributed by atoms with Crippen LogP contribution in [0.5, 0.6) is 0 Å². The van der Waals surface area contributed by atoms with Gasteiger partial charge in [-0.1, -0.05) is 20.8 Å². The van der Waals surface area contributed by atoms with Crippen molar-refractivity contribution in [3.05, 3.63) is 0 Å². The summed E-state index contributed by atoms with van der Waals surface area (Å²) >= 11 is 0. The maximum Gasteiger partial charge on any atom is -0.0266 e. The molecule has 8 unspecified atom stereocenters. The first kappa shape index (κ1) is 11.8. The van der Waals surface area contributed by atoms with Crippen molar-refractivity contribution in [3.8, 4) is 0 Å². The van der Waals surface area contributed by atoms with Crippen molar-refractivity contribution in [2.75, 3.05) is 0 Å². The molecule has 0 aromatic heterocycles. The van der Waals surface area contributed by atoms with Crippen molar-refractivity contribution in [2.45, 2.75) is 65.7 Å². The molecule has 0 nitrogen and oxygen atoms in total. The van der Waals surface area contributed by atoms with Gasteiger partial charge >= 0.3 is 0 Å². The largest absolute Gasteiger partial charge is 0.0620 e. The van der Waals surface area contributed by atoms with Gasteiger partial charge in [-0.2, -0.15) is 0 Å². The Hall–Kier alpha value is 0. The van der Waals surface area contributed by atoms with Crippen LogP contribution in [0.1, 0.15) is 65.7 Å². The second-order valence-electron chi connectivity index (χ2n) is 8.56. The Morgan fingerprint density at radius 2 is 1.89 bits per heavy atom. The summed E-state index contributed by atoms with van der Waals surface area (Å²) in [6.07, 6.45) is 10.9. The molecule has 0 heterocycles. The van der Waals surface area contributed by atoms with Gasteiger partial charge in [0, 0.05) is 0 Å². The highest BCUT2D eigenvalue weighted by Gasteiger charge is 2.57. The summed E-state index contributed by atoms with van der Waals surface area (Å²) < 4.78 is 0. The van der Waals surface area contributed by atoms with E-state index in [0.29, 0.717) is 0 Å². The third kappa shape index (κ3) is 1.33. The minimum atomic E-state index is 0.745. The van der Waals surface area contributed by atoms with Crippen molar-refractivity contribution in [1.82, 2.24) is 0 Å². The van der Waals surface area contributed by atoms with Crippen LogP contribution < -0.4 is 0 Å². The number of fused-ring (bicyclic) bond motifs is 2. The fourth-order valence-corrected chi connectivity index (χ4v) is 6.35. The molecule has 4 fully saturated rings. The van der Waals surface area contributed by atoms with Gasteiger partial charge in [0.05, 0.1) is 0 Å². The fraction of sp³-hybridized carbons (Fsp3) is 1.00. The zero-order chi connectivity index (χ0) is 12.5. The Labute approximate surface area is 113 Å². The van der Waals surface area contributed by atoms with Crippen molar-refractivity contribution < 1.29 is 0 Å². The molecule has 0 aliphatic heterocycles. The summed E-state index contributed by atoms with van der Waals surface area (Å²) in [5, 5.41) is 0. The van der Waals surface area contributed by atoms with Crippen molar-refractivity contribution in [2.24, 2.45) is 46.8 Å². The topological polar surface area (TPSA) is 0 Å². The lowest BCUT2D eigenvalue weighted by molar-refractivity contribution is -0.145. The van der Waals surface area contributed by atoms with Gasteiger partial charge < -0.3 is 0 Å². The van der Waals surface area contributed by atoms with E-state index in [4.69, 9.17) is 0 Å². The minimum Gasteiger partial charge on any atom is -0.0620 e. The van der Waals surface area contributed by atoms with Gasteiger partial charge in [-0.3, -0.25) is 0 Å². The van der Waals surface area contributed by atoms with Crippen molar-refractivity contribution >= 4 is 0 Å². The predicted octanol–water partition coefficient (Wildman–Crippen LogP) is 5.13. The maximum absolute atomic E-state index is 2.61. The van der Waals surface area contributed by atoms with Gasteiger partial charge in [-0.25, -0.2) is 0 Å². The second-order valence-corrected chi connectivity index (χ2v) is 8.56. The van der Waals surface area contributed by atoms with E-state index >= 15 is 0 Å². The van der Waals surface area contributed by atoms with E-state index in [-0.39, 0.29) is 0 Å². The predicted molar refractivity (Wildman–Crippen MR) is 76.2 cm³/mol. The van der Waals surface area contributed by atoms with Gasteiger partial charge in [-0.05, 0) is 91.8 Å². The van der Waals surface area contributed by atoms with Crippen LogP contribution in [0.4, 0.5) is 0 Å². The van der Waals surface area contributed by atoms with E-state index in [1.807, 2.05) is 0 Å². The minimum absolute atomic E-state index is 0.745. The monoisotopic (exact) mass is 246 g/mol. The van der Waals surface area contributed by atoms with Gasteiger partial charge in [0.1, 0.15) is 0 Å². The first-order valence-corrected chi connectivity index (χ1v) is 8.61. The summed E-state index contributed by atoms with van der Waals surface area (Å²) in [4.78, 5) is 0. The summed E-state index contributed by atoms with van der Waals surface area (Å²) in [6, 6.07) is 0. The molecule has 0 heteroatoms. The van der Waals surface area contributed by atoms with E-state index in [9.17, 15) is 0 Å². The molecule has 0 saturated heterocycles. The molecule has 0 aromatic rings. The molecule has 0 aromatic carbocycles. The SMILES string of the molecule is CC1C2CCC2C1CCC(C)C1(C)CC2CCC21. The smallest absolute Gasteiger partial charge is 0.0266 e. The molecule has 4 aliphatic rings. The first-order valence-electron chi connectivity index (χ1n) is 8.61. The van der Waals surface area contributed by atoms with E-state index in [1.165, 1.54) is 6.42 Å². The highest BCUT2D eigenvalue weighted by molar-refractivity contribution is 5.07. The van der Waals surface area contributed by atoms with Crippen LogP contribution in [0, 0.1) is 46.8 Å². The molecule has 0 amide bonds. The van der Waals surface area contributed by atoms with Gasteiger partial charge in [0.15, 0.2) is 0 Å². The quantitative estimate of drug-likeness (QED) is 0.645. The summed E-state index contributed by atoms with van der Waals surface area (Å²) in [7, 11) is 0. The van der Waals surface area contributed by atoms with E-state index in [1.54, 1.807) is 38.5 Å².